The highest BCUT2D eigenvalue weighted by Crippen LogP contribution is 2.42. The molecular weight excluding hydrogens is 204 g/mol. The fraction of sp³-hybridized carbons (Fsp3) is 0.615. The molecule has 0 aromatic carbocycles. The van der Waals surface area contributed by atoms with Gasteiger partial charge in [-0.15, -0.1) is 0 Å². The lowest BCUT2D eigenvalue weighted by Crippen LogP contribution is -2.48. The van der Waals surface area contributed by atoms with E-state index in [0.29, 0.717) is 6.42 Å². The summed E-state index contributed by atoms with van der Waals surface area (Å²) in [7, 11) is 0. The smallest absolute Gasteiger partial charge is 0.331 e. The molecule has 0 amide bonds. The van der Waals surface area contributed by atoms with E-state index in [1.165, 1.54) is 6.08 Å². The van der Waals surface area contributed by atoms with E-state index in [4.69, 9.17) is 4.74 Å². The van der Waals surface area contributed by atoms with Gasteiger partial charge in [0.1, 0.15) is 5.60 Å². The van der Waals surface area contributed by atoms with E-state index in [1.807, 2.05) is 12.2 Å². The molecule has 0 aromatic rings. The van der Waals surface area contributed by atoms with Crippen molar-refractivity contribution in [1.82, 2.24) is 0 Å². The van der Waals surface area contributed by atoms with Crippen LogP contribution in [0.15, 0.2) is 24.3 Å². The Morgan fingerprint density at radius 3 is 2.81 bits per heavy atom. The van der Waals surface area contributed by atoms with Crippen LogP contribution in [0.1, 0.15) is 33.1 Å². The Labute approximate surface area is 95.8 Å². The second-order valence-electron chi connectivity index (χ2n) is 5.17. The zero-order chi connectivity index (χ0) is 11.8. The van der Waals surface area contributed by atoms with Gasteiger partial charge >= 0.3 is 5.97 Å². The zero-order valence-corrected chi connectivity index (χ0v) is 9.77. The Kier molecular flexibility index (Phi) is 2.66. The van der Waals surface area contributed by atoms with E-state index >= 15 is 0 Å². The van der Waals surface area contributed by atoms with Crippen molar-refractivity contribution in [1.29, 1.82) is 0 Å². The quantitative estimate of drug-likeness (QED) is 0.545. The van der Waals surface area contributed by atoms with Gasteiger partial charge in [0, 0.05) is 18.4 Å². The largest absolute Gasteiger partial charge is 0.451 e. The molecule has 3 nitrogen and oxygen atoms in total. The number of carbonyl (C=O) groups excluding carboxylic acids is 1. The fourth-order valence-corrected chi connectivity index (χ4v) is 2.75. The highest BCUT2D eigenvalue weighted by atomic mass is 16.6. The predicted molar refractivity (Wildman–Crippen MR) is 60.7 cm³/mol. The topological polar surface area (TPSA) is 46.5 Å². The molecule has 1 N–H and O–H groups in total. The van der Waals surface area contributed by atoms with Gasteiger partial charge in [-0.1, -0.05) is 12.2 Å². The average molecular weight is 222 g/mol. The van der Waals surface area contributed by atoms with E-state index in [-0.39, 0.29) is 11.9 Å². The molecule has 0 radical (unpaired) electrons. The van der Waals surface area contributed by atoms with Crippen LogP contribution in [-0.2, 0) is 9.53 Å². The van der Waals surface area contributed by atoms with Gasteiger partial charge in [0.05, 0.1) is 5.60 Å². The van der Waals surface area contributed by atoms with Crippen molar-refractivity contribution < 1.29 is 14.6 Å². The number of esters is 1. The Morgan fingerprint density at radius 1 is 1.50 bits per heavy atom. The van der Waals surface area contributed by atoms with Crippen LogP contribution in [0.2, 0.25) is 0 Å². The molecule has 1 aliphatic heterocycles. The summed E-state index contributed by atoms with van der Waals surface area (Å²) in [5.41, 5.74) is -1.48. The monoisotopic (exact) mass is 222 g/mol. The molecule has 0 unspecified atom stereocenters. The number of aliphatic hydroxyl groups is 1. The number of hydrogen-bond donors (Lipinski definition) is 1. The lowest BCUT2D eigenvalue weighted by atomic mass is 9.74. The van der Waals surface area contributed by atoms with Crippen molar-refractivity contribution in [2.24, 2.45) is 5.92 Å². The number of rotatable bonds is 1. The molecule has 1 spiro atoms. The normalized spacial score (nSPS) is 34.2. The SMILES string of the molecule is CC(C)(O)[C@@H]1CCC=CC[C@@]12C=CC(=O)O2. The van der Waals surface area contributed by atoms with E-state index in [2.05, 4.69) is 6.08 Å². The predicted octanol–water partition coefficient (Wildman–Crippen LogP) is 1.97. The third-order valence-electron chi connectivity index (χ3n) is 3.46. The summed E-state index contributed by atoms with van der Waals surface area (Å²) in [5, 5.41) is 10.2. The van der Waals surface area contributed by atoms with E-state index < -0.39 is 11.2 Å². The molecule has 2 atom stereocenters. The van der Waals surface area contributed by atoms with Crippen LogP contribution in [0, 0.1) is 5.92 Å². The van der Waals surface area contributed by atoms with Gasteiger partial charge in [-0.25, -0.2) is 4.79 Å². The summed E-state index contributed by atoms with van der Waals surface area (Å²) in [5.74, 6) is -0.359. The van der Waals surface area contributed by atoms with E-state index in [0.717, 1.165) is 12.8 Å². The van der Waals surface area contributed by atoms with Crippen molar-refractivity contribution in [2.75, 3.05) is 0 Å². The first-order chi connectivity index (χ1) is 7.44. The number of carbonyl (C=O) groups is 1. The summed E-state index contributed by atoms with van der Waals surface area (Å²) in [6, 6.07) is 0. The molecular formula is C13H18O3. The average Bonchev–Trinajstić information content (AvgIpc) is 2.42. The summed E-state index contributed by atoms with van der Waals surface area (Å²) < 4.78 is 5.45. The first-order valence-corrected chi connectivity index (χ1v) is 5.74. The van der Waals surface area contributed by atoms with E-state index in [9.17, 15) is 9.90 Å². The minimum Gasteiger partial charge on any atom is -0.451 e. The van der Waals surface area contributed by atoms with Gasteiger partial charge in [-0.05, 0) is 32.8 Å². The lowest BCUT2D eigenvalue weighted by molar-refractivity contribution is -0.158. The molecule has 0 saturated carbocycles. The Hall–Kier alpha value is -1.09. The van der Waals surface area contributed by atoms with Crippen molar-refractivity contribution in [3.8, 4) is 0 Å². The highest BCUT2D eigenvalue weighted by molar-refractivity contribution is 5.85. The van der Waals surface area contributed by atoms with Crippen LogP contribution >= 0.6 is 0 Å². The number of hydrogen-bond acceptors (Lipinski definition) is 3. The maximum absolute atomic E-state index is 11.3. The molecule has 2 rings (SSSR count). The maximum Gasteiger partial charge on any atom is 0.331 e. The second kappa shape index (κ2) is 3.74. The number of ether oxygens (including phenoxy) is 1. The van der Waals surface area contributed by atoms with Gasteiger partial charge in [-0.2, -0.15) is 0 Å². The Morgan fingerprint density at radius 2 is 2.25 bits per heavy atom. The zero-order valence-electron chi connectivity index (χ0n) is 9.77. The molecule has 1 aliphatic carbocycles. The molecule has 16 heavy (non-hydrogen) atoms. The van der Waals surface area contributed by atoms with Gasteiger partial charge < -0.3 is 9.84 Å². The lowest BCUT2D eigenvalue weighted by Gasteiger charge is -2.40. The van der Waals surface area contributed by atoms with Gasteiger partial charge in [0.15, 0.2) is 0 Å². The van der Waals surface area contributed by atoms with Crippen molar-refractivity contribution in [3.05, 3.63) is 24.3 Å². The Balaban J connectivity index is 2.34. The molecule has 0 saturated heterocycles. The van der Waals surface area contributed by atoms with Crippen LogP contribution in [0.4, 0.5) is 0 Å². The second-order valence-corrected chi connectivity index (χ2v) is 5.17. The molecule has 3 heteroatoms. The van der Waals surface area contributed by atoms with Crippen molar-refractivity contribution in [3.63, 3.8) is 0 Å². The molecule has 1 heterocycles. The van der Waals surface area contributed by atoms with Gasteiger partial charge in [-0.3, -0.25) is 0 Å². The van der Waals surface area contributed by atoms with Crippen LogP contribution in [-0.4, -0.2) is 22.3 Å². The molecule has 88 valence electrons. The van der Waals surface area contributed by atoms with Crippen LogP contribution in [0.25, 0.3) is 0 Å². The van der Waals surface area contributed by atoms with Gasteiger partial charge in [0.2, 0.25) is 0 Å². The first kappa shape index (κ1) is 11.4. The summed E-state index contributed by atoms with van der Waals surface area (Å²) >= 11 is 0. The summed E-state index contributed by atoms with van der Waals surface area (Å²) in [6.07, 6.45) is 9.82. The number of allylic oxidation sites excluding steroid dienone is 1. The van der Waals surface area contributed by atoms with Crippen molar-refractivity contribution >= 4 is 5.97 Å². The standard InChI is InChI=1S/C13H18O3/c1-12(2,15)10-6-4-3-5-8-13(10)9-7-11(14)16-13/h3,5,7,9-10,15H,4,6,8H2,1-2H3/t10-,13+/m0/s1. The molecule has 0 bridgehead atoms. The maximum atomic E-state index is 11.3. The Bertz CT molecular complexity index is 349. The molecule has 0 fully saturated rings. The third-order valence-corrected chi connectivity index (χ3v) is 3.46. The molecule has 0 aromatic heterocycles. The third kappa shape index (κ3) is 1.92. The van der Waals surface area contributed by atoms with Crippen LogP contribution < -0.4 is 0 Å². The van der Waals surface area contributed by atoms with Crippen LogP contribution in [0.5, 0.6) is 0 Å². The minimum atomic E-state index is -0.846. The fourth-order valence-electron chi connectivity index (χ4n) is 2.75. The highest BCUT2D eigenvalue weighted by Gasteiger charge is 2.48. The first-order valence-electron chi connectivity index (χ1n) is 5.74. The van der Waals surface area contributed by atoms with Crippen LogP contribution in [0.3, 0.4) is 0 Å². The van der Waals surface area contributed by atoms with E-state index in [1.54, 1.807) is 13.8 Å². The molecule has 2 aliphatic rings. The summed E-state index contributed by atoms with van der Waals surface area (Å²) in [6.45, 7) is 3.56. The van der Waals surface area contributed by atoms with Gasteiger partial charge in [0.25, 0.3) is 0 Å². The minimum absolute atomic E-state index is 0.0577. The van der Waals surface area contributed by atoms with Crippen molar-refractivity contribution in [2.45, 2.75) is 44.3 Å². The summed E-state index contributed by atoms with van der Waals surface area (Å²) in [4.78, 5) is 11.3.